The molecule has 34 heavy (non-hydrogen) atoms. The Kier molecular flexibility index (Phi) is 8.83. The molecule has 1 unspecified atom stereocenters. The average molecular weight is 459 g/mol. The van der Waals surface area contributed by atoms with Gasteiger partial charge in [-0.15, -0.1) is 0 Å². The van der Waals surface area contributed by atoms with Crippen molar-refractivity contribution in [1.29, 1.82) is 0 Å². The Morgan fingerprint density at radius 2 is 1.68 bits per heavy atom. The molecule has 1 aliphatic heterocycles. The quantitative estimate of drug-likeness (QED) is 0.450. The monoisotopic (exact) mass is 458 g/mol. The predicted molar refractivity (Wildman–Crippen MR) is 140 cm³/mol. The topological polar surface area (TPSA) is 77.4 Å². The lowest BCUT2D eigenvalue weighted by Gasteiger charge is -2.27. The number of aromatic nitrogens is 1. The Morgan fingerprint density at radius 3 is 2.35 bits per heavy atom. The zero-order chi connectivity index (χ0) is 23.8. The van der Waals surface area contributed by atoms with Gasteiger partial charge >= 0.3 is 0 Å². The zero-order valence-corrected chi connectivity index (χ0v) is 20.4. The summed E-state index contributed by atoms with van der Waals surface area (Å²) in [6, 6.07) is 21.1. The lowest BCUT2D eigenvalue weighted by molar-refractivity contribution is 0.0436. The van der Waals surface area contributed by atoms with Crippen LogP contribution in [0.2, 0.25) is 0 Å². The van der Waals surface area contributed by atoms with Crippen LogP contribution in [0.15, 0.2) is 60.7 Å². The molecular formula is C29H38N4O. The third kappa shape index (κ3) is 6.10. The number of rotatable bonds is 10. The molecule has 1 fully saturated rings. The molecule has 2 aromatic carbocycles. The van der Waals surface area contributed by atoms with E-state index in [1.54, 1.807) is 0 Å². The second-order valence-electron chi connectivity index (χ2n) is 9.14. The van der Waals surface area contributed by atoms with Crippen LogP contribution in [-0.2, 0) is 17.7 Å². The standard InChI is InChI=1S/C29H38N4O/c1-22(34-19-18-33-16-6-3-7-17-33)26-20-27(24-8-4-2-5-9-24)29(32-28(26)14-15-30)25-12-10-23(21-31)11-13-25/h2,4-5,8-13,20,22H,3,6-7,14-19,21,30-31H2,1H3. The molecule has 1 aliphatic rings. The molecule has 0 radical (unpaired) electrons. The SMILES string of the molecule is CC(OCCN1CCCCC1)c1cc(-c2ccccc2)c(-c2ccc(CN)cc2)nc1CCN. The van der Waals surface area contributed by atoms with E-state index in [2.05, 4.69) is 66.4 Å². The highest BCUT2D eigenvalue weighted by atomic mass is 16.5. The summed E-state index contributed by atoms with van der Waals surface area (Å²) in [5.74, 6) is 0. The zero-order valence-electron chi connectivity index (χ0n) is 20.4. The number of benzene rings is 2. The summed E-state index contributed by atoms with van der Waals surface area (Å²) in [7, 11) is 0. The van der Waals surface area contributed by atoms with Crippen molar-refractivity contribution in [2.45, 2.75) is 45.3 Å². The van der Waals surface area contributed by atoms with Gasteiger partial charge in [-0.1, -0.05) is 61.0 Å². The normalized spacial score (nSPS) is 15.4. The number of pyridine rings is 1. The number of nitrogens with two attached hydrogens (primary N) is 2. The molecule has 0 saturated carbocycles. The minimum absolute atomic E-state index is 0.0463. The summed E-state index contributed by atoms with van der Waals surface area (Å²) < 4.78 is 6.35. The van der Waals surface area contributed by atoms with Crippen LogP contribution >= 0.6 is 0 Å². The van der Waals surface area contributed by atoms with Crippen molar-refractivity contribution in [2.24, 2.45) is 11.5 Å². The molecule has 0 aliphatic carbocycles. The van der Waals surface area contributed by atoms with Gasteiger partial charge in [-0.3, -0.25) is 4.98 Å². The molecule has 5 heteroatoms. The fourth-order valence-electron chi connectivity index (χ4n) is 4.74. The molecule has 0 bridgehead atoms. The van der Waals surface area contributed by atoms with Crippen LogP contribution in [0.3, 0.4) is 0 Å². The Hall–Kier alpha value is -2.57. The first kappa shape index (κ1) is 24.6. The molecule has 4 rings (SSSR count). The summed E-state index contributed by atoms with van der Waals surface area (Å²) in [5, 5.41) is 0. The van der Waals surface area contributed by atoms with Gasteiger partial charge < -0.3 is 21.1 Å². The van der Waals surface area contributed by atoms with Gasteiger partial charge in [0.15, 0.2) is 0 Å². The molecular weight excluding hydrogens is 420 g/mol. The second-order valence-corrected chi connectivity index (χ2v) is 9.14. The Labute approximate surface area is 204 Å². The molecule has 3 aromatic rings. The predicted octanol–water partition coefficient (Wildman–Crippen LogP) is 4.94. The van der Waals surface area contributed by atoms with Gasteiger partial charge in [0, 0.05) is 41.9 Å². The second kappa shape index (κ2) is 12.2. The van der Waals surface area contributed by atoms with Gasteiger partial charge in [0.05, 0.1) is 18.4 Å². The highest BCUT2D eigenvalue weighted by Gasteiger charge is 2.19. The molecule has 2 heterocycles. The van der Waals surface area contributed by atoms with E-state index in [-0.39, 0.29) is 6.10 Å². The van der Waals surface area contributed by atoms with Crippen LogP contribution < -0.4 is 11.5 Å². The molecule has 5 nitrogen and oxygen atoms in total. The van der Waals surface area contributed by atoms with Gasteiger partial charge in [-0.25, -0.2) is 0 Å². The smallest absolute Gasteiger partial charge is 0.0815 e. The molecule has 0 amide bonds. The molecule has 1 saturated heterocycles. The van der Waals surface area contributed by atoms with Gasteiger partial charge in [0.1, 0.15) is 0 Å². The molecule has 1 atom stereocenters. The summed E-state index contributed by atoms with van der Waals surface area (Å²) in [5.41, 5.74) is 19.4. The number of likely N-dealkylation sites (tertiary alicyclic amines) is 1. The van der Waals surface area contributed by atoms with Crippen molar-refractivity contribution in [3.05, 3.63) is 77.5 Å². The fourth-order valence-corrected chi connectivity index (χ4v) is 4.74. The van der Waals surface area contributed by atoms with Crippen molar-refractivity contribution in [1.82, 2.24) is 9.88 Å². The fraction of sp³-hybridized carbons (Fsp3) is 0.414. The number of piperidine rings is 1. The largest absolute Gasteiger partial charge is 0.372 e. The van der Waals surface area contributed by atoms with E-state index < -0.39 is 0 Å². The third-order valence-corrected chi connectivity index (χ3v) is 6.73. The Morgan fingerprint density at radius 1 is 0.941 bits per heavy atom. The van der Waals surface area contributed by atoms with E-state index in [9.17, 15) is 0 Å². The summed E-state index contributed by atoms with van der Waals surface area (Å²) >= 11 is 0. The van der Waals surface area contributed by atoms with Crippen molar-refractivity contribution in [3.63, 3.8) is 0 Å². The van der Waals surface area contributed by atoms with E-state index in [0.29, 0.717) is 13.1 Å². The van der Waals surface area contributed by atoms with Crippen molar-refractivity contribution in [2.75, 3.05) is 32.8 Å². The van der Waals surface area contributed by atoms with Gasteiger partial charge in [-0.05, 0) is 56.6 Å². The Bertz CT molecular complexity index is 1030. The summed E-state index contributed by atoms with van der Waals surface area (Å²) in [6.07, 6.45) is 4.63. The molecule has 1 aromatic heterocycles. The van der Waals surface area contributed by atoms with Gasteiger partial charge in [-0.2, -0.15) is 0 Å². The Balaban J connectivity index is 1.66. The molecule has 180 valence electrons. The van der Waals surface area contributed by atoms with Gasteiger partial charge in [0.2, 0.25) is 0 Å². The van der Waals surface area contributed by atoms with Crippen LogP contribution in [-0.4, -0.2) is 42.7 Å². The number of nitrogens with zero attached hydrogens (tertiary/aromatic N) is 2. The molecule has 0 spiro atoms. The minimum atomic E-state index is -0.0463. The number of hydrogen-bond acceptors (Lipinski definition) is 5. The van der Waals surface area contributed by atoms with Crippen molar-refractivity contribution >= 4 is 0 Å². The van der Waals surface area contributed by atoms with E-state index >= 15 is 0 Å². The van der Waals surface area contributed by atoms with E-state index in [1.807, 2.05) is 6.07 Å². The highest BCUT2D eigenvalue weighted by Crippen LogP contribution is 2.35. The summed E-state index contributed by atoms with van der Waals surface area (Å²) in [6.45, 7) is 7.31. The van der Waals surface area contributed by atoms with Crippen LogP contribution in [0, 0.1) is 0 Å². The maximum atomic E-state index is 6.35. The number of hydrogen-bond donors (Lipinski definition) is 2. The van der Waals surface area contributed by atoms with Crippen molar-refractivity contribution < 1.29 is 4.74 Å². The number of ether oxygens (including phenoxy) is 1. The first-order valence-electron chi connectivity index (χ1n) is 12.6. The van der Waals surface area contributed by atoms with Crippen LogP contribution in [0.4, 0.5) is 0 Å². The summed E-state index contributed by atoms with van der Waals surface area (Å²) in [4.78, 5) is 7.69. The van der Waals surface area contributed by atoms with Crippen molar-refractivity contribution in [3.8, 4) is 22.4 Å². The lowest BCUT2D eigenvalue weighted by atomic mass is 9.94. The lowest BCUT2D eigenvalue weighted by Crippen LogP contribution is -2.32. The average Bonchev–Trinajstić information content (AvgIpc) is 2.90. The van der Waals surface area contributed by atoms with Crippen LogP contribution in [0.5, 0.6) is 0 Å². The molecule has 4 N–H and O–H groups in total. The minimum Gasteiger partial charge on any atom is -0.372 e. The van der Waals surface area contributed by atoms with Crippen LogP contribution in [0.25, 0.3) is 22.4 Å². The highest BCUT2D eigenvalue weighted by molar-refractivity contribution is 5.81. The first-order valence-corrected chi connectivity index (χ1v) is 12.6. The van der Waals surface area contributed by atoms with Gasteiger partial charge in [0.25, 0.3) is 0 Å². The maximum Gasteiger partial charge on any atom is 0.0815 e. The third-order valence-electron chi connectivity index (χ3n) is 6.73. The van der Waals surface area contributed by atoms with E-state index in [0.717, 1.165) is 58.8 Å². The van der Waals surface area contributed by atoms with E-state index in [1.165, 1.54) is 32.4 Å². The van der Waals surface area contributed by atoms with E-state index in [4.69, 9.17) is 21.2 Å². The maximum absolute atomic E-state index is 6.35. The van der Waals surface area contributed by atoms with Crippen LogP contribution in [0.1, 0.15) is 49.1 Å². The first-order chi connectivity index (χ1) is 16.7.